The van der Waals surface area contributed by atoms with Crippen molar-refractivity contribution in [2.75, 3.05) is 0 Å². The van der Waals surface area contributed by atoms with Crippen LogP contribution in [0.2, 0.25) is 0 Å². The number of nitrogens with zero attached hydrogens (tertiary/aromatic N) is 2. The fourth-order valence-corrected chi connectivity index (χ4v) is 0.683. The highest BCUT2D eigenvalue weighted by Gasteiger charge is 1.88. The molecule has 2 N–H and O–H groups in total. The maximum atomic E-state index is 7.34. The minimum Gasteiger partial charge on any atom is -0.332 e. The summed E-state index contributed by atoms with van der Waals surface area (Å²) in [7, 11) is 3.50. The van der Waals surface area contributed by atoms with Gasteiger partial charge in [-0.05, 0) is 0 Å². The molecule has 0 radical (unpaired) electrons. The zero-order valence-electron chi connectivity index (χ0n) is 6.05. The molecule has 0 aromatic carbocycles. The molecule has 0 aliphatic rings. The molecule has 0 aliphatic carbocycles. The molecule has 0 saturated carbocycles. The number of rotatable bonds is 0. The Labute approximate surface area is 58.4 Å². The van der Waals surface area contributed by atoms with Crippen molar-refractivity contribution in [3.05, 3.63) is 23.4 Å². The number of hydrogen-bond donors (Lipinski definition) is 2. The fourth-order valence-electron chi connectivity index (χ4n) is 0.683. The molecule has 0 aliphatic heterocycles. The van der Waals surface area contributed by atoms with E-state index in [0.717, 1.165) is 0 Å². The highest BCUT2D eigenvalue weighted by atomic mass is 15.0. The van der Waals surface area contributed by atoms with Crippen LogP contribution in [0.25, 0.3) is 0 Å². The maximum absolute atomic E-state index is 7.34. The lowest BCUT2D eigenvalue weighted by Gasteiger charge is -2.00. The normalized spacial score (nSPS) is 9.80. The van der Waals surface area contributed by atoms with Crippen molar-refractivity contribution < 1.29 is 0 Å². The van der Waals surface area contributed by atoms with Crippen molar-refractivity contribution in [2.45, 2.75) is 0 Å². The van der Waals surface area contributed by atoms with Gasteiger partial charge in [-0.15, -0.1) is 0 Å². The highest BCUT2D eigenvalue weighted by Crippen LogP contribution is 1.68. The Kier molecular flexibility index (Phi) is 1.45. The van der Waals surface area contributed by atoms with E-state index in [1.807, 2.05) is 0 Å². The molecule has 1 aromatic heterocycles. The first-order valence-electron chi connectivity index (χ1n) is 2.94. The second-order valence-corrected chi connectivity index (χ2v) is 2.22. The molecule has 0 fully saturated rings. The van der Waals surface area contributed by atoms with Crippen LogP contribution in [0.1, 0.15) is 0 Å². The van der Waals surface area contributed by atoms with Crippen LogP contribution in [0.4, 0.5) is 0 Å². The molecule has 4 nitrogen and oxygen atoms in total. The Morgan fingerprint density at radius 3 is 1.60 bits per heavy atom. The van der Waals surface area contributed by atoms with Gasteiger partial charge in [0.1, 0.15) is 0 Å². The molecule has 0 spiro atoms. The lowest BCUT2D eigenvalue weighted by molar-refractivity contribution is 0.689. The summed E-state index contributed by atoms with van der Waals surface area (Å²) in [5.41, 5.74) is 0.454. The third-order valence-electron chi connectivity index (χ3n) is 1.44. The van der Waals surface area contributed by atoms with E-state index in [-0.39, 0.29) is 11.0 Å². The van der Waals surface area contributed by atoms with Crippen LogP contribution in [0.15, 0.2) is 12.4 Å². The van der Waals surface area contributed by atoms with Gasteiger partial charge in [-0.2, -0.15) is 0 Å². The first-order valence-corrected chi connectivity index (χ1v) is 2.94. The Hall–Kier alpha value is -1.32. The SMILES string of the molecule is Cn1ccn(C)c(=N)c1=N. The molecule has 10 heavy (non-hydrogen) atoms. The van der Waals surface area contributed by atoms with Crippen molar-refractivity contribution in [3.63, 3.8) is 0 Å². The summed E-state index contributed by atoms with van der Waals surface area (Å²) >= 11 is 0. The van der Waals surface area contributed by atoms with Crippen molar-refractivity contribution >= 4 is 0 Å². The summed E-state index contributed by atoms with van der Waals surface area (Å²) < 4.78 is 3.20. The van der Waals surface area contributed by atoms with E-state index in [0.29, 0.717) is 0 Å². The van der Waals surface area contributed by atoms with E-state index >= 15 is 0 Å². The van der Waals surface area contributed by atoms with Gasteiger partial charge in [-0.1, -0.05) is 0 Å². The summed E-state index contributed by atoms with van der Waals surface area (Å²) in [5, 5.41) is 14.7. The molecular weight excluding hydrogens is 128 g/mol. The zero-order valence-corrected chi connectivity index (χ0v) is 6.05. The maximum Gasteiger partial charge on any atom is 0.168 e. The van der Waals surface area contributed by atoms with Crippen LogP contribution in [-0.4, -0.2) is 9.13 Å². The molecule has 0 atom stereocenters. The van der Waals surface area contributed by atoms with Gasteiger partial charge < -0.3 is 9.13 Å². The fraction of sp³-hybridized carbons (Fsp3) is 0.333. The van der Waals surface area contributed by atoms with Crippen LogP contribution in [0, 0.1) is 10.8 Å². The monoisotopic (exact) mass is 138 g/mol. The van der Waals surface area contributed by atoms with E-state index in [1.165, 1.54) is 0 Å². The Morgan fingerprint density at radius 1 is 1.00 bits per heavy atom. The zero-order chi connectivity index (χ0) is 7.72. The first kappa shape index (κ1) is 6.80. The predicted octanol–water partition coefficient (Wildman–Crippen LogP) is -0.677. The lowest BCUT2D eigenvalue weighted by Crippen LogP contribution is -2.38. The van der Waals surface area contributed by atoms with Gasteiger partial charge in [0.15, 0.2) is 11.0 Å². The number of aryl methyl sites for hydroxylation is 2. The van der Waals surface area contributed by atoms with Crippen LogP contribution < -0.4 is 11.0 Å². The molecule has 1 heterocycles. The van der Waals surface area contributed by atoms with Gasteiger partial charge in [-0.3, -0.25) is 10.8 Å². The average Bonchev–Trinajstić information content (AvgIpc) is 1.93. The topological polar surface area (TPSA) is 57.6 Å². The molecule has 54 valence electrons. The average molecular weight is 138 g/mol. The number of aromatic nitrogens is 2. The third-order valence-corrected chi connectivity index (χ3v) is 1.44. The van der Waals surface area contributed by atoms with Gasteiger partial charge in [0.05, 0.1) is 0 Å². The van der Waals surface area contributed by atoms with Crippen molar-refractivity contribution in [1.82, 2.24) is 9.13 Å². The van der Waals surface area contributed by atoms with Crippen LogP contribution >= 0.6 is 0 Å². The van der Waals surface area contributed by atoms with Crippen LogP contribution in [-0.2, 0) is 14.1 Å². The Morgan fingerprint density at radius 2 is 1.30 bits per heavy atom. The quantitative estimate of drug-likeness (QED) is 0.477. The molecule has 0 saturated heterocycles. The van der Waals surface area contributed by atoms with Crippen LogP contribution in [0.5, 0.6) is 0 Å². The molecule has 0 amide bonds. The van der Waals surface area contributed by atoms with Gasteiger partial charge in [0.2, 0.25) is 0 Å². The Bertz CT molecular complexity index is 309. The largest absolute Gasteiger partial charge is 0.332 e. The van der Waals surface area contributed by atoms with E-state index in [9.17, 15) is 0 Å². The summed E-state index contributed by atoms with van der Waals surface area (Å²) in [6, 6.07) is 0. The van der Waals surface area contributed by atoms with E-state index in [4.69, 9.17) is 10.8 Å². The molecule has 0 unspecified atom stereocenters. The predicted molar refractivity (Wildman–Crippen MR) is 36.1 cm³/mol. The number of nitrogens with one attached hydrogen (secondary N) is 2. The Balaban J connectivity index is 3.67. The standard InChI is InChI=1S/C6H10N4/c1-9-3-4-10(2)6(8)5(9)7/h3-4,7-8H,1-2H3. The van der Waals surface area contributed by atoms with Gasteiger partial charge in [-0.25, -0.2) is 0 Å². The second kappa shape index (κ2) is 2.13. The van der Waals surface area contributed by atoms with E-state index < -0.39 is 0 Å². The minimum atomic E-state index is 0.227. The van der Waals surface area contributed by atoms with Gasteiger partial charge >= 0.3 is 0 Å². The summed E-state index contributed by atoms with van der Waals surface area (Å²) in [4.78, 5) is 0. The minimum absolute atomic E-state index is 0.227. The van der Waals surface area contributed by atoms with Gasteiger partial charge in [0, 0.05) is 26.5 Å². The summed E-state index contributed by atoms with van der Waals surface area (Å²) in [5.74, 6) is 0. The second-order valence-electron chi connectivity index (χ2n) is 2.22. The molecule has 1 aromatic rings. The van der Waals surface area contributed by atoms with Crippen LogP contribution in [0.3, 0.4) is 0 Å². The highest BCUT2D eigenvalue weighted by molar-refractivity contribution is 4.77. The first-order chi connectivity index (χ1) is 4.63. The van der Waals surface area contributed by atoms with E-state index in [2.05, 4.69) is 0 Å². The van der Waals surface area contributed by atoms with E-state index in [1.54, 1.807) is 35.6 Å². The summed E-state index contributed by atoms with van der Waals surface area (Å²) in [6.07, 6.45) is 3.50. The van der Waals surface area contributed by atoms with Crippen molar-refractivity contribution in [3.8, 4) is 0 Å². The third kappa shape index (κ3) is 0.877. The van der Waals surface area contributed by atoms with Crippen molar-refractivity contribution in [1.29, 1.82) is 10.8 Å². The number of hydrogen-bond acceptors (Lipinski definition) is 2. The summed E-state index contributed by atoms with van der Waals surface area (Å²) in [6.45, 7) is 0. The molecule has 1 rings (SSSR count). The molecule has 4 heteroatoms. The lowest BCUT2D eigenvalue weighted by atomic mass is 10.6. The van der Waals surface area contributed by atoms with Gasteiger partial charge in [0.25, 0.3) is 0 Å². The molecule has 0 bridgehead atoms. The molecular formula is C6H10N4. The van der Waals surface area contributed by atoms with Crippen molar-refractivity contribution in [2.24, 2.45) is 14.1 Å². The smallest absolute Gasteiger partial charge is 0.168 e.